The van der Waals surface area contributed by atoms with Crippen molar-refractivity contribution in [2.75, 3.05) is 11.5 Å². The zero-order valence-corrected chi connectivity index (χ0v) is 16.9. The third kappa shape index (κ3) is 4.31. The first-order valence-corrected chi connectivity index (χ1v) is 11.5. The second-order valence-corrected chi connectivity index (χ2v) is 9.82. The van der Waals surface area contributed by atoms with Crippen LogP contribution in [0, 0.1) is 6.92 Å². The summed E-state index contributed by atoms with van der Waals surface area (Å²) in [5, 5.41) is 4.99. The van der Waals surface area contributed by atoms with Crippen molar-refractivity contribution in [3.63, 3.8) is 0 Å². The summed E-state index contributed by atoms with van der Waals surface area (Å²) in [5.41, 5.74) is 1.54. The molecule has 2 heterocycles. The van der Waals surface area contributed by atoms with E-state index in [1.165, 1.54) is 6.08 Å². The minimum Gasteiger partial charge on any atom is -0.332 e. The molecule has 26 heavy (non-hydrogen) atoms. The van der Waals surface area contributed by atoms with Gasteiger partial charge in [-0.05, 0) is 38.7 Å². The van der Waals surface area contributed by atoms with Gasteiger partial charge in [-0.25, -0.2) is 8.42 Å². The summed E-state index contributed by atoms with van der Waals surface area (Å²) in [4.78, 5) is 14.5. The smallest absolute Gasteiger partial charge is 0.247 e. The van der Waals surface area contributed by atoms with Gasteiger partial charge in [-0.3, -0.25) is 9.48 Å². The van der Waals surface area contributed by atoms with Crippen LogP contribution in [0.4, 0.5) is 0 Å². The lowest BCUT2D eigenvalue weighted by molar-refractivity contribution is -0.128. The Morgan fingerprint density at radius 3 is 2.65 bits per heavy atom. The van der Waals surface area contributed by atoms with Crippen LogP contribution in [0.2, 0.25) is 5.15 Å². The van der Waals surface area contributed by atoms with Gasteiger partial charge >= 0.3 is 0 Å². The van der Waals surface area contributed by atoms with E-state index in [9.17, 15) is 13.2 Å². The zero-order valence-electron chi connectivity index (χ0n) is 15.3. The molecule has 0 N–H and O–H groups in total. The Kier molecular flexibility index (Phi) is 5.77. The number of sulfone groups is 1. The number of carbonyl (C=O) groups is 1. The fourth-order valence-corrected chi connectivity index (χ4v) is 5.49. The van der Waals surface area contributed by atoms with Crippen LogP contribution in [0.15, 0.2) is 6.08 Å². The minimum absolute atomic E-state index is 0.0812. The largest absolute Gasteiger partial charge is 0.332 e. The Bertz CT molecular complexity index is 812. The quantitative estimate of drug-likeness (QED) is 0.661. The van der Waals surface area contributed by atoms with Gasteiger partial charge in [0.05, 0.1) is 17.2 Å². The highest BCUT2D eigenvalue weighted by Crippen LogP contribution is 2.32. The summed E-state index contributed by atoms with van der Waals surface area (Å²) in [6, 6.07) is -0.0252. The molecule has 0 spiro atoms. The highest BCUT2D eigenvalue weighted by Gasteiger charge is 2.41. The predicted octanol–water partition coefficient (Wildman–Crippen LogP) is 2.84. The van der Waals surface area contributed by atoms with Gasteiger partial charge in [0.2, 0.25) is 5.91 Å². The molecule has 6 nitrogen and oxygen atoms in total. The number of amides is 1. The zero-order chi connectivity index (χ0) is 18.9. The maximum absolute atomic E-state index is 12.8. The molecule has 1 saturated heterocycles. The van der Waals surface area contributed by atoms with Gasteiger partial charge in [0.25, 0.3) is 0 Å². The first-order chi connectivity index (χ1) is 12.3. The van der Waals surface area contributed by atoms with Gasteiger partial charge < -0.3 is 4.90 Å². The summed E-state index contributed by atoms with van der Waals surface area (Å²) in [7, 11) is -3.02. The predicted molar refractivity (Wildman–Crippen MR) is 103 cm³/mol. The summed E-state index contributed by atoms with van der Waals surface area (Å²) in [6.07, 6.45) is 7.72. The normalized spacial score (nSPS) is 22.2. The average Bonchev–Trinajstić information content (AvgIpc) is 3.28. The van der Waals surface area contributed by atoms with E-state index in [2.05, 4.69) is 12.0 Å². The van der Waals surface area contributed by atoms with Crippen LogP contribution in [0.1, 0.15) is 50.3 Å². The molecule has 1 atom stereocenters. The third-order valence-corrected chi connectivity index (χ3v) is 7.17. The Balaban J connectivity index is 1.75. The van der Waals surface area contributed by atoms with Crippen molar-refractivity contribution in [2.24, 2.45) is 0 Å². The van der Waals surface area contributed by atoms with E-state index < -0.39 is 9.84 Å². The summed E-state index contributed by atoms with van der Waals surface area (Å²) >= 11 is 6.41. The van der Waals surface area contributed by atoms with E-state index in [0.29, 0.717) is 11.6 Å². The second kappa shape index (κ2) is 7.72. The second-order valence-electron chi connectivity index (χ2n) is 7.23. The van der Waals surface area contributed by atoms with Crippen molar-refractivity contribution in [1.82, 2.24) is 14.7 Å². The minimum atomic E-state index is -3.02. The van der Waals surface area contributed by atoms with Gasteiger partial charge in [-0.15, -0.1) is 0 Å². The lowest BCUT2D eigenvalue weighted by atomic mass is 10.2. The molecule has 1 aliphatic carbocycles. The number of nitrogens with zero attached hydrogens (tertiary/aromatic N) is 3. The van der Waals surface area contributed by atoms with Crippen molar-refractivity contribution < 1.29 is 13.2 Å². The molecule has 144 valence electrons. The molecule has 1 aliphatic heterocycles. The first-order valence-electron chi connectivity index (χ1n) is 9.26. The molecular formula is C18H26ClN3O3S. The van der Waals surface area contributed by atoms with Crippen molar-refractivity contribution >= 4 is 33.4 Å². The number of aryl methyl sites for hydroxylation is 2. The van der Waals surface area contributed by atoms with Gasteiger partial charge in [0, 0.05) is 30.3 Å². The molecule has 0 aromatic carbocycles. The van der Waals surface area contributed by atoms with Gasteiger partial charge in [-0.1, -0.05) is 24.9 Å². The van der Waals surface area contributed by atoms with E-state index in [1.807, 2.05) is 6.92 Å². The third-order valence-electron chi connectivity index (χ3n) is 5.02. The molecule has 1 saturated carbocycles. The molecular weight excluding hydrogens is 374 g/mol. The first kappa shape index (κ1) is 19.4. The molecule has 1 amide bonds. The van der Waals surface area contributed by atoms with E-state index in [1.54, 1.807) is 15.7 Å². The van der Waals surface area contributed by atoms with Crippen molar-refractivity contribution in [2.45, 2.75) is 64.6 Å². The Morgan fingerprint density at radius 2 is 2.08 bits per heavy atom. The van der Waals surface area contributed by atoms with Gasteiger partial charge in [0.15, 0.2) is 9.84 Å². The van der Waals surface area contributed by atoms with Crippen LogP contribution in [-0.4, -0.2) is 52.6 Å². The average molecular weight is 400 g/mol. The monoisotopic (exact) mass is 399 g/mol. The van der Waals surface area contributed by atoms with Crippen LogP contribution in [0.5, 0.6) is 0 Å². The van der Waals surface area contributed by atoms with Crippen molar-refractivity contribution in [3.8, 4) is 0 Å². The lowest BCUT2D eigenvalue weighted by Gasteiger charge is -2.27. The van der Waals surface area contributed by atoms with Crippen molar-refractivity contribution in [3.05, 3.63) is 22.5 Å². The molecule has 8 heteroatoms. The number of rotatable bonds is 7. The van der Waals surface area contributed by atoms with Crippen LogP contribution in [0.3, 0.4) is 0 Å². The number of carbonyl (C=O) groups excluding carboxylic acids is 1. The highest BCUT2D eigenvalue weighted by molar-refractivity contribution is 7.91. The van der Waals surface area contributed by atoms with Crippen LogP contribution >= 0.6 is 11.6 Å². The van der Waals surface area contributed by atoms with E-state index >= 15 is 0 Å². The van der Waals surface area contributed by atoms with Crippen LogP contribution < -0.4 is 0 Å². The van der Waals surface area contributed by atoms with Gasteiger partial charge in [0.1, 0.15) is 5.15 Å². The molecule has 3 rings (SSSR count). The fraction of sp³-hybridized carbons (Fsp3) is 0.667. The fourth-order valence-electron chi connectivity index (χ4n) is 3.46. The summed E-state index contributed by atoms with van der Waals surface area (Å²) < 4.78 is 25.3. The topological polar surface area (TPSA) is 72.3 Å². The molecule has 0 radical (unpaired) electrons. The van der Waals surface area contributed by atoms with Crippen molar-refractivity contribution in [1.29, 1.82) is 0 Å². The van der Waals surface area contributed by atoms with Crippen LogP contribution in [0.25, 0.3) is 6.08 Å². The maximum atomic E-state index is 12.8. The van der Waals surface area contributed by atoms with E-state index in [4.69, 9.17) is 11.6 Å². The Hall–Kier alpha value is -1.34. The number of unbranched alkanes of at least 4 members (excludes halogenated alkanes) is 1. The Labute approximate surface area is 160 Å². The Morgan fingerprint density at radius 1 is 1.35 bits per heavy atom. The number of aromatic nitrogens is 2. The standard InChI is InChI=1S/C18H26ClN3O3S/c1-3-4-10-21-18(19)16(13(2)20-21)7-8-17(23)22(14-5-6-14)15-9-11-26(24,25)12-15/h7-8,14-15H,3-6,9-12H2,1-2H3/b8-7+. The maximum Gasteiger partial charge on any atom is 0.247 e. The molecule has 2 fully saturated rings. The molecule has 1 aromatic rings. The SMILES string of the molecule is CCCCn1nc(C)c(/C=C/C(=O)N(C2CC2)C2CCS(=O)(=O)C2)c1Cl. The summed E-state index contributed by atoms with van der Waals surface area (Å²) in [6.45, 7) is 4.74. The molecule has 2 aliphatic rings. The highest BCUT2D eigenvalue weighted by atomic mass is 35.5. The summed E-state index contributed by atoms with van der Waals surface area (Å²) in [5.74, 6) is 0.122. The van der Waals surface area contributed by atoms with Crippen LogP contribution in [-0.2, 0) is 21.2 Å². The lowest BCUT2D eigenvalue weighted by Crippen LogP contribution is -2.41. The number of hydrogen-bond donors (Lipinski definition) is 0. The number of hydrogen-bond acceptors (Lipinski definition) is 4. The molecule has 1 aromatic heterocycles. The van der Waals surface area contributed by atoms with E-state index in [-0.39, 0.29) is 29.5 Å². The molecule has 1 unspecified atom stereocenters. The van der Waals surface area contributed by atoms with E-state index in [0.717, 1.165) is 43.5 Å². The number of halogens is 1. The molecule has 0 bridgehead atoms. The van der Waals surface area contributed by atoms with Gasteiger partial charge in [-0.2, -0.15) is 5.10 Å².